The number of nitrogens with zero attached hydrogens (tertiary/aromatic N) is 2. The van der Waals surface area contributed by atoms with Crippen LogP contribution in [0.3, 0.4) is 0 Å². The van der Waals surface area contributed by atoms with E-state index in [4.69, 9.17) is 29.7 Å². The zero-order chi connectivity index (χ0) is 66.7. The first-order chi connectivity index (χ1) is 44.4. The zero-order valence-electron chi connectivity index (χ0n) is 51.6. The average molecular weight is 1290 g/mol. The Morgan fingerprint density at radius 1 is 0.860 bits per heavy atom. The number of esters is 2. The normalized spacial score (nSPS) is 20.7. The Hall–Kier alpha value is -9.42. The monoisotopic (exact) mass is 1290 g/mol. The number of nitrogens with one attached hydrogen (secondary N) is 7. The molecule has 28 nitrogen and oxygen atoms in total. The fourth-order valence-corrected chi connectivity index (χ4v) is 12.8. The maximum absolute atomic E-state index is 15.6. The molecule has 8 amide bonds. The number of urea groups is 1. The van der Waals surface area contributed by atoms with E-state index in [1.54, 1.807) is 33.8 Å². The topological polar surface area (TPSA) is 406 Å². The number of methoxy groups -OCH3 is 1. The van der Waals surface area contributed by atoms with Gasteiger partial charge in [-0.25, -0.2) is 28.6 Å². The minimum absolute atomic E-state index is 0.000777. The van der Waals surface area contributed by atoms with Crippen LogP contribution in [0, 0.1) is 18.7 Å². The Kier molecular flexibility index (Phi) is 19.9. The number of alkyl carbamates (subject to hydrolysis) is 1. The van der Waals surface area contributed by atoms with Gasteiger partial charge in [-0.1, -0.05) is 69.3 Å². The van der Waals surface area contributed by atoms with E-state index in [1.165, 1.54) is 10.6 Å². The number of halogens is 1. The molecular weight excluding hydrogens is 1220 g/mol. The SMILES string of the molecule is CC[C@@]1(O)C(=O)OCc2c1cc1n(c2=O)Cc2c-1nc1cc(F)c(C)c3c1c2[C@@H](NC(=O)COCNC(=O)[C@H](CCCNC(N)=O)NC(=O)[C@@H](NC(=O)[C@H](CCC(=O)N[C@@H]1OC(C(=O)OC)[C@@H](O)[C@H]1O)NC(=O)OCC1c2ccccc2-c2ccccc21)C(C)C)CC3. The van der Waals surface area contributed by atoms with Gasteiger partial charge in [0.25, 0.3) is 5.56 Å². The first kappa shape index (κ1) is 66.5. The summed E-state index contributed by atoms with van der Waals surface area (Å²) in [5.41, 5.74) is 9.72. The molecule has 3 aromatic carbocycles. The molecule has 2 aliphatic carbocycles. The van der Waals surface area contributed by atoms with Crippen molar-refractivity contribution in [3.05, 3.63) is 121 Å². The number of pyridine rings is 2. The molecule has 29 heteroatoms. The van der Waals surface area contributed by atoms with Gasteiger partial charge in [-0.3, -0.25) is 28.8 Å². The molecule has 2 aromatic heterocycles. The van der Waals surface area contributed by atoms with Crippen LogP contribution >= 0.6 is 0 Å². The molecule has 1 saturated heterocycles. The van der Waals surface area contributed by atoms with E-state index in [0.29, 0.717) is 51.9 Å². The lowest BCUT2D eigenvalue weighted by Gasteiger charge is -2.31. The molecule has 0 radical (unpaired) electrons. The molecule has 1 fully saturated rings. The van der Waals surface area contributed by atoms with E-state index in [1.807, 2.05) is 48.5 Å². The van der Waals surface area contributed by atoms with Crippen LogP contribution in [0.25, 0.3) is 33.4 Å². The Bertz CT molecular complexity index is 3850. The van der Waals surface area contributed by atoms with Crippen molar-refractivity contribution in [1.29, 1.82) is 0 Å². The van der Waals surface area contributed by atoms with Crippen LogP contribution < -0.4 is 48.5 Å². The second kappa shape index (κ2) is 27.8. The van der Waals surface area contributed by atoms with Gasteiger partial charge in [-0.15, -0.1) is 0 Å². The van der Waals surface area contributed by atoms with Crippen molar-refractivity contribution in [2.24, 2.45) is 11.7 Å². The van der Waals surface area contributed by atoms with Gasteiger partial charge in [-0.05, 0) is 96.4 Å². The molecule has 12 N–H and O–H groups in total. The van der Waals surface area contributed by atoms with Crippen molar-refractivity contribution in [3.63, 3.8) is 0 Å². The van der Waals surface area contributed by atoms with E-state index in [0.717, 1.165) is 29.4 Å². The Morgan fingerprint density at radius 2 is 1.56 bits per heavy atom. The maximum Gasteiger partial charge on any atom is 0.407 e. The van der Waals surface area contributed by atoms with Crippen molar-refractivity contribution < 1.29 is 86.5 Å². The number of rotatable bonds is 24. The number of carbonyl (C=O) groups excluding carboxylic acids is 9. The molecule has 93 heavy (non-hydrogen) atoms. The van der Waals surface area contributed by atoms with E-state index in [9.17, 15) is 63.3 Å². The largest absolute Gasteiger partial charge is 0.467 e. The number of aliphatic hydroxyl groups is 3. The predicted molar refractivity (Wildman–Crippen MR) is 325 cm³/mol. The lowest BCUT2D eigenvalue weighted by atomic mass is 9.81. The zero-order valence-corrected chi connectivity index (χ0v) is 51.6. The van der Waals surface area contributed by atoms with E-state index < -0.39 is 151 Å². The van der Waals surface area contributed by atoms with Crippen LogP contribution in [-0.4, -0.2) is 155 Å². The highest BCUT2D eigenvalue weighted by Gasteiger charge is 2.49. The number of hydrogen-bond acceptors (Lipinski definition) is 19. The second-order valence-electron chi connectivity index (χ2n) is 23.8. The van der Waals surface area contributed by atoms with Gasteiger partial charge in [0.05, 0.1) is 42.2 Å². The van der Waals surface area contributed by atoms with Gasteiger partial charge >= 0.3 is 24.1 Å². The minimum Gasteiger partial charge on any atom is -0.467 e. The van der Waals surface area contributed by atoms with Crippen LogP contribution in [-0.2, 0) is 82.4 Å². The quantitative estimate of drug-likeness (QED) is 0.0176. The number of aromatic nitrogens is 2. The smallest absolute Gasteiger partial charge is 0.407 e. The Morgan fingerprint density at radius 3 is 2.24 bits per heavy atom. The first-order valence-corrected chi connectivity index (χ1v) is 30.5. The summed E-state index contributed by atoms with van der Waals surface area (Å²) in [6.45, 7) is 4.75. The molecule has 5 aliphatic rings. The van der Waals surface area contributed by atoms with E-state index in [-0.39, 0.29) is 68.1 Å². The molecule has 5 aromatic rings. The molecule has 0 bridgehead atoms. The summed E-state index contributed by atoms with van der Waals surface area (Å²) in [7, 11) is 1.04. The Labute approximate surface area is 531 Å². The Balaban J connectivity index is 0.800. The molecule has 1 unspecified atom stereocenters. The van der Waals surface area contributed by atoms with Crippen LogP contribution in [0.2, 0.25) is 0 Å². The molecule has 3 aliphatic heterocycles. The molecular formula is C64H73FN10O18. The summed E-state index contributed by atoms with van der Waals surface area (Å²) in [5.74, 6) is -7.56. The number of hydrogen-bond donors (Lipinski definition) is 11. The van der Waals surface area contributed by atoms with E-state index >= 15 is 4.39 Å². The standard InChI is InChI=1S/C64H73FN10O18/c1-6-64(88)39-22-45-51-36(24-75(45)59(83)38(39)26-91-61(64)85)49-41(18-17-31-30(4)40(65)23-44(70-51)48(31)49)69-47(77)27-90-28-68-55(80)42(16-11-21-67-62(66)86)71-57(82)50(29(2)3)74-56(81)43(19-20-46(76)73-58-53(79)52(78)54(93-58)60(84)89-5)72-63(87)92-25-37-34-14-9-7-12-32(34)33-13-8-10-15-35(33)37/h7-10,12-15,22-23,29,37,41-43,50,52-54,58,78-79,88H,6,11,16-21,24-28H2,1-5H3,(H,68,80)(H,69,77)(H,71,82)(H,72,87)(H,73,76)(H,74,81)(H3,66,67,86)/t41-,42-,43-,50-,52-,53+,54?,58+,64-/m0/s1. The van der Waals surface area contributed by atoms with Crippen molar-refractivity contribution in [3.8, 4) is 22.5 Å². The number of carbonyl (C=O) groups is 9. The fraction of sp³-hybridized carbons (Fsp3) is 0.453. The van der Waals surface area contributed by atoms with E-state index in [2.05, 4.69) is 42.0 Å². The van der Waals surface area contributed by atoms with Crippen molar-refractivity contribution >= 4 is 64.5 Å². The van der Waals surface area contributed by atoms with Crippen molar-refractivity contribution in [2.75, 3.05) is 33.6 Å². The highest BCUT2D eigenvalue weighted by molar-refractivity contribution is 5.96. The summed E-state index contributed by atoms with van der Waals surface area (Å²) >= 11 is 0. The number of nitrogens with two attached hydrogens (primary N) is 1. The summed E-state index contributed by atoms with van der Waals surface area (Å²) in [6.07, 6.45) is -8.16. The number of aryl methyl sites for hydroxylation is 1. The second-order valence-corrected chi connectivity index (χ2v) is 23.8. The number of benzene rings is 3. The summed E-state index contributed by atoms with van der Waals surface area (Å²) in [4.78, 5) is 139. The number of ether oxygens (including phenoxy) is 5. The molecule has 9 atom stereocenters. The first-order valence-electron chi connectivity index (χ1n) is 30.5. The third-order valence-electron chi connectivity index (χ3n) is 17.8. The summed E-state index contributed by atoms with van der Waals surface area (Å²) in [6, 6.07) is 12.2. The lowest BCUT2D eigenvalue weighted by Crippen LogP contribution is -2.58. The predicted octanol–water partition coefficient (Wildman–Crippen LogP) is 1.22. The molecule has 494 valence electrons. The third kappa shape index (κ3) is 13.5. The minimum atomic E-state index is -2.10. The molecule has 0 spiro atoms. The van der Waals surface area contributed by atoms with Gasteiger partial charge in [-0.2, -0.15) is 0 Å². The molecule has 0 saturated carbocycles. The highest BCUT2D eigenvalue weighted by atomic mass is 19.1. The number of aliphatic hydroxyl groups excluding tert-OH is 2. The van der Waals surface area contributed by atoms with Crippen LogP contribution in [0.1, 0.15) is 116 Å². The number of cyclic esters (lactones) is 1. The summed E-state index contributed by atoms with van der Waals surface area (Å²) in [5, 5.41) is 51.1. The third-order valence-corrected chi connectivity index (χ3v) is 17.8. The average Bonchev–Trinajstić information content (AvgIpc) is 1.64. The van der Waals surface area contributed by atoms with Gasteiger partial charge in [0.1, 0.15) is 62.7 Å². The van der Waals surface area contributed by atoms with Crippen LogP contribution in [0.4, 0.5) is 14.0 Å². The number of amides is 8. The lowest BCUT2D eigenvalue weighted by molar-refractivity contribution is -0.172. The van der Waals surface area contributed by atoms with Crippen LogP contribution in [0.15, 0.2) is 65.5 Å². The van der Waals surface area contributed by atoms with Gasteiger partial charge in [0.15, 0.2) is 17.9 Å². The van der Waals surface area contributed by atoms with Gasteiger partial charge in [0, 0.05) is 41.5 Å². The maximum atomic E-state index is 15.6. The van der Waals surface area contributed by atoms with Gasteiger partial charge < -0.3 is 86.5 Å². The van der Waals surface area contributed by atoms with Crippen molar-refractivity contribution in [1.82, 2.24) is 46.8 Å². The van der Waals surface area contributed by atoms with Crippen molar-refractivity contribution in [2.45, 2.75) is 146 Å². The number of primary amides is 1. The number of fused-ring (bicyclic) bond motifs is 8. The molecule has 10 rings (SSSR count). The highest BCUT2D eigenvalue weighted by Crippen LogP contribution is 2.47. The molecule has 5 heterocycles. The van der Waals surface area contributed by atoms with Gasteiger partial charge in [0.2, 0.25) is 29.5 Å². The van der Waals surface area contributed by atoms with Crippen LogP contribution in [0.5, 0.6) is 0 Å². The fourth-order valence-electron chi connectivity index (χ4n) is 12.8. The summed E-state index contributed by atoms with van der Waals surface area (Å²) < 4.78 is 43.6.